The molecule has 94 valence electrons. The average Bonchev–Trinajstić information content (AvgIpc) is 2.87. The van der Waals surface area contributed by atoms with Gasteiger partial charge in [0.05, 0.1) is 6.07 Å². The van der Waals surface area contributed by atoms with Crippen molar-refractivity contribution in [3.05, 3.63) is 0 Å². The topological polar surface area (TPSA) is 52.9 Å². The molecule has 4 atom stereocenters. The number of hydrogen-bond acceptors (Lipinski definition) is 2. The molecule has 0 radical (unpaired) electrons. The van der Waals surface area contributed by atoms with E-state index < -0.39 is 0 Å². The Morgan fingerprint density at radius 2 is 2.18 bits per heavy atom. The van der Waals surface area contributed by atoms with Gasteiger partial charge < -0.3 is 5.32 Å². The van der Waals surface area contributed by atoms with Crippen LogP contribution in [-0.2, 0) is 4.79 Å². The van der Waals surface area contributed by atoms with Gasteiger partial charge in [0.1, 0.15) is 6.04 Å². The van der Waals surface area contributed by atoms with Gasteiger partial charge in [-0.25, -0.2) is 0 Å². The molecule has 2 bridgehead atoms. The molecule has 2 rings (SSSR count). The van der Waals surface area contributed by atoms with Crippen LogP contribution < -0.4 is 5.32 Å². The van der Waals surface area contributed by atoms with Crippen LogP contribution in [0.5, 0.6) is 0 Å². The van der Waals surface area contributed by atoms with Gasteiger partial charge in [-0.1, -0.05) is 20.3 Å². The van der Waals surface area contributed by atoms with Crippen molar-refractivity contribution >= 4 is 5.91 Å². The second-order valence-corrected chi connectivity index (χ2v) is 6.06. The molecule has 3 nitrogen and oxygen atoms in total. The molecule has 1 amide bonds. The Hall–Kier alpha value is -1.04. The zero-order chi connectivity index (χ0) is 12.4. The molecular formula is C14H22N2O. The van der Waals surface area contributed by atoms with Crippen molar-refractivity contribution in [3.63, 3.8) is 0 Å². The summed E-state index contributed by atoms with van der Waals surface area (Å²) in [4.78, 5) is 11.9. The lowest BCUT2D eigenvalue weighted by atomic mass is 9.86. The molecule has 2 aliphatic rings. The number of carbonyl (C=O) groups is 1. The Balaban J connectivity index is 1.80. The van der Waals surface area contributed by atoms with E-state index in [9.17, 15) is 4.79 Å². The van der Waals surface area contributed by atoms with Crippen molar-refractivity contribution < 1.29 is 4.79 Å². The minimum atomic E-state index is -0.332. The van der Waals surface area contributed by atoms with Crippen LogP contribution in [0, 0.1) is 35.0 Å². The quantitative estimate of drug-likeness (QED) is 0.812. The van der Waals surface area contributed by atoms with Gasteiger partial charge in [-0.3, -0.25) is 4.79 Å². The van der Waals surface area contributed by atoms with E-state index in [1.54, 1.807) is 0 Å². The summed E-state index contributed by atoms with van der Waals surface area (Å²) in [6.45, 7) is 3.93. The van der Waals surface area contributed by atoms with Gasteiger partial charge in [0.15, 0.2) is 0 Å². The standard InChI is InChI=1S/C14H22N2O/c1-9(2)13(8-15)16-14(17)7-12-6-10-3-4-11(12)5-10/h9-13H,3-7H2,1-2H3,(H,16,17). The maximum Gasteiger partial charge on any atom is 0.221 e. The summed E-state index contributed by atoms with van der Waals surface area (Å²) in [5.41, 5.74) is 0. The van der Waals surface area contributed by atoms with Gasteiger partial charge in [-0.2, -0.15) is 5.26 Å². The number of nitriles is 1. The number of amides is 1. The lowest BCUT2D eigenvalue weighted by Crippen LogP contribution is -2.38. The van der Waals surface area contributed by atoms with Gasteiger partial charge in [-0.05, 0) is 42.9 Å². The largest absolute Gasteiger partial charge is 0.340 e. The van der Waals surface area contributed by atoms with Gasteiger partial charge >= 0.3 is 0 Å². The Morgan fingerprint density at radius 3 is 2.65 bits per heavy atom. The molecule has 2 saturated carbocycles. The summed E-state index contributed by atoms with van der Waals surface area (Å²) in [6, 6.07) is 1.83. The summed E-state index contributed by atoms with van der Waals surface area (Å²) >= 11 is 0. The molecule has 2 fully saturated rings. The Morgan fingerprint density at radius 1 is 1.41 bits per heavy atom. The first-order chi connectivity index (χ1) is 8.10. The fourth-order valence-electron chi connectivity index (χ4n) is 3.44. The zero-order valence-electron chi connectivity index (χ0n) is 10.8. The minimum Gasteiger partial charge on any atom is -0.340 e. The van der Waals surface area contributed by atoms with E-state index in [2.05, 4.69) is 11.4 Å². The summed E-state index contributed by atoms with van der Waals surface area (Å²) in [5, 5.41) is 11.8. The first kappa shape index (κ1) is 12.4. The van der Waals surface area contributed by atoms with Gasteiger partial charge in [0.2, 0.25) is 5.91 Å². The lowest BCUT2D eigenvalue weighted by molar-refractivity contribution is -0.123. The Bertz CT molecular complexity index is 332. The van der Waals surface area contributed by atoms with Crippen LogP contribution in [0.15, 0.2) is 0 Å². The highest BCUT2D eigenvalue weighted by Crippen LogP contribution is 2.49. The van der Waals surface area contributed by atoms with Crippen molar-refractivity contribution in [3.8, 4) is 6.07 Å². The number of fused-ring (bicyclic) bond motifs is 2. The van der Waals surface area contributed by atoms with Crippen LogP contribution in [0.1, 0.15) is 46.0 Å². The molecule has 0 spiro atoms. The highest BCUT2D eigenvalue weighted by molar-refractivity contribution is 5.77. The molecule has 3 heteroatoms. The Labute approximate surface area is 104 Å². The van der Waals surface area contributed by atoms with E-state index >= 15 is 0 Å². The fourth-order valence-corrected chi connectivity index (χ4v) is 3.44. The maximum absolute atomic E-state index is 11.9. The second kappa shape index (κ2) is 5.08. The van der Waals surface area contributed by atoms with E-state index in [1.165, 1.54) is 25.7 Å². The SMILES string of the molecule is CC(C)C(C#N)NC(=O)CC1CC2CCC1C2. The molecule has 0 saturated heterocycles. The van der Waals surface area contributed by atoms with E-state index in [0.29, 0.717) is 12.3 Å². The molecule has 4 unspecified atom stereocenters. The molecule has 0 aromatic heterocycles. The minimum absolute atomic E-state index is 0.0720. The third kappa shape index (κ3) is 2.80. The van der Waals surface area contributed by atoms with Crippen LogP contribution in [0.25, 0.3) is 0 Å². The number of rotatable bonds is 4. The van der Waals surface area contributed by atoms with Crippen molar-refractivity contribution in [1.29, 1.82) is 5.26 Å². The molecule has 0 heterocycles. The predicted octanol–water partition coefficient (Wildman–Crippen LogP) is 2.48. The molecular weight excluding hydrogens is 212 g/mol. The van der Waals surface area contributed by atoms with Crippen molar-refractivity contribution in [2.24, 2.45) is 23.7 Å². The lowest BCUT2D eigenvalue weighted by Gasteiger charge is -2.22. The molecule has 2 aliphatic carbocycles. The maximum atomic E-state index is 11.9. The van der Waals surface area contributed by atoms with Crippen LogP contribution in [0.4, 0.5) is 0 Å². The molecule has 0 aliphatic heterocycles. The summed E-state index contributed by atoms with van der Waals surface area (Å²) in [7, 11) is 0. The van der Waals surface area contributed by atoms with Crippen LogP contribution >= 0.6 is 0 Å². The highest BCUT2D eigenvalue weighted by Gasteiger charge is 2.40. The van der Waals surface area contributed by atoms with Crippen molar-refractivity contribution in [2.45, 2.75) is 52.0 Å². The van der Waals surface area contributed by atoms with Gasteiger partial charge in [0.25, 0.3) is 0 Å². The number of nitrogens with zero attached hydrogens (tertiary/aromatic N) is 1. The first-order valence-electron chi connectivity index (χ1n) is 6.79. The third-order valence-corrected chi connectivity index (χ3v) is 4.45. The monoisotopic (exact) mass is 234 g/mol. The highest BCUT2D eigenvalue weighted by atomic mass is 16.1. The first-order valence-corrected chi connectivity index (χ1v) is 6.79. The number of carbonyl (C=O) groups excluding carboxylic acids is 1. The normalized spacial score (nSPS) is 32.5. The van der Waals surface area contributed by atoms with Crippen LogP contribution in [-0.4, -0.2) is 11.9 Å². The molecule has 1 N–H and O–H groups in total. The van der Waals surface area contributed by atoms with Gasteiger partial charge in [0, 0.05) is 6.42 Å². The molecule has 0 aromatic rings. The average molecular weight is 234 g/mol. The van der Waals surface area contributed by atoms with Crippen LogP contribution in [0.3, 0.4) is 0 Å². The van der Waals surface area contributed by atoms with Crippen LogP contribution in [0.2, 0.25) is 0 Å². The zero-order valence-corrected chi connectivity index (χ0v) is 10.8. The fraction of sp³-hybridized carbons (Fsp3) is 0.857. The number of nitrogens with one attached hydrogen (secondary N) is 1. The van der Waals surface area contributed by atoms with E-state index in [4.69, 9.17) is 5.26 Å². The van der Waals surface area contributed by atoms with E-state index in [-0.39, 0.29) is 17.9 Å². The van der Waals surface area contributed by atoms with E-state index in [0.717, 1.165) is 11.8 Å². The van der Waals surface area contributed by atoms with Crippen molar-refractivity contribution in [1.82, 2.24) is 5.32 Å². The summed E-state index contributed by atoms with van der Waals surface area (Å²) < 4.78 is 0. The Kier molecular flexibility index (Phi) is 3.71. The summed E-state index contributed by atoms with van der Waals surface area (Å²) in [5.74, 6) is 2.51. The third-order valence-electron chi connectivity index (χ3n) is 4.45. The molecule has 17 heavy (non-hydrogen) atoms. The summed E-state index contributed by atoms with van der Waals surface area (Å²) in [6.07, 6.45) is 5.89. The molecule has 0 aromatic carbocycles. The smallest absolute Gasteiger partial charge is 0.221 e. The van der Waals surface area contributed by atoms with E-state index in [1.807, 2.05) is 13.8 Å². The van der Waals surface area contributed by atoms with Crippen molar-refractivity contribution in [2.75, 3.05) is 0 Å². The van der Waals surface area contributed by atoms with Gasteiger partial charge in [-0.15, -0.1) is 0 Å². The predicted molar refractivity (Wildman–Crippen MR) is 65.9 cm³/mol. The second-order valence-electron chi connectivity index (χ2n) is 6.06. The number of hydrogen-bond donors (Lipinski definition) is 1.